The molecule has 3 unspecified atom stereocenters. The van der Waals surface area contributed by atoms with E-state index in [4.69, 9.17) is 11.6 Å². The number of piperazine rings is 1. The van der Waals surface area contributed by atoms with Gasteiger partial charge in [-0.05, 0) is 53.8 Å². The van der Waals surface area contributed by atoms with Crippen LogP contribution in [0, 0.1) is 5.82 Å². The quantitative estimate of drug-likeness (QED) is 0.465. The Kier molecular flexibility index (Phi) is 6.17. The smallest absolute Gasteiger partial charge is 0.262 e. The van der Waals surface area contributed by atoms with E-state index in [1.165, 1.54) is 11.6 Å². The molecule has 41 heavy (non-hydrogen) atoms. The molecule has 5 heterocycles. The highest BCUT2D eigenvalue weighted by molar-refractivity contribution is 6.30. The maximum Gasteiger partial charge on any atom is 0.262 e. The minimum Gasteiger partial charge on any atom is -0.366 e. The predicted molar refractivity (Wildman–Crippen MR) is 150 cm³/mol. The molecule has 2 bridgehead atoms. The second-order valence-corrected chi connectivity index (χ2v) is 11.5. The maximum atomic E-state index is 15.4. The van der Waals surface area contributed by atoms with Gasteiger partial charge in [0.1, 0.15) is 11.9 Å². The molecule has 1 N–H and O–H groups in total. The maximum absolute atomic E-state index is 15.4. The molecule has 8 rings (SSSR count). The van der Waals surface area contributed by atoms with Gasteiger partial charge in [-0.3, -0.25) is 34.3 Å². The molecular formula is C31H26ClFN4O4. The zero-order valence-corrected chi connectivity index (χ0v) is 22.7. The van der Waals surface area contributed by atoms with Crippen molar-refractivity contribution in [1.29, 1.82) is 0 Å². The van der Waals surface area contributed by atoms with Gasteiger partial charge >= 0.3 is 0 Å². The van der Waals surface area contributed by atoms with Crippen LogP contribution in [0.1, 0.15) is 45.5 Å². The molecule has 0 radical (unpaired) electrons. The van der Waals surface area contributed by atoms with Crippen molar-refractivity contribution in [2.75, 3.05) is 18.0 Å². The van der Waals surface area contributed by atoms with Gasteiger partial charge in [0.15, 0.2) is 0 Å². The molecule has 3 aromatic carbocycles. The Morgan fingerprint density at radius 2 is 1.56 bits per heavy atom. The van der Waals surface area contributed by atoms with Crippen LogP contribution in [0.5, 0.6) is 0 Å². The van der Waals surface area contributed by atoms with Crippen LogP contribution in [-0.2, 0) is 16.1 Å². The third-order valence-corrected chi connectivity index (χ3v) is 8.97. The van der Waals surface area contributed by atoms with Crippen molar-refractivity contribution in [3.8, 4) is 11.1 Å². The van der Waals surface area contributed by atoms with Crippen molar-refractivity contribution in [3.05, 3.63) is 88.2 Å². The first-order valence-electron chi connectivity index (χ1n) is 13.7. The summed E-state index contributed by atoms with van der Waals surface area (Å²) < 4.78 is 15.4. The molecule has 3 aromatic rings. The summed E-state index contributed by atoms with van der Waals surface area (Å²) in [5.74, 6) is -3.05. The number of imide groups is 2. The summed E-state index contributed by atoms with van der Waals surface area (Å²) in [5, 5.41) is 2.87. The molecule has 0 spiro atoms. The Labute approximate surface area is 240 Å². The standard InChI is InChI=1S/C31H26ClFN4O4/c32-19-7-5-17(6-8-19)22-4-2-1-3-18(22)14-36-20-11-21(36)16-35(15-20)27-13-24-23(12-25(27)33)30(40)37(31(24)41)26-9-10-28(38)34-29(26)39/h1-8,12-13,20-21,26H,9-11,14-16H2,(H,34,38,39). The SMILES string of the molecule is O=C1CCC(N2C(=O)c3cc(F)c(N4CC5CC(C4)N5Cc4ccccc4-c4ccc(Cl)cc4)cc3C2=O)C(=O)N1. The number of carbonyl (C=O) groups excluding carboxylic acids is 4. The van der Waals surface area contributed by atoms with Crippen molar-refractivity contribution in [3.63, 3.8) is 0 Å². The highest BCUT2D eigenvalue weighted by Gasteiger charge is 2.47. The summed E-state index contributed by atoms with van der Waals surface area (Å²) in [6, 6.07) is 18.0. The topological polar surface area (TPSA) is 90.0 Å². The first-order chi connectivity index (χ1) is 19.8. The lowest BCUT2D eigenvalue weighted by molar-refractivity contribution is -0.136. The number of hydrogen-bond acceptors (Lipinski definition) is 6. The van der Waals surface area contributed by atoms with Crippen LogP contribution in [0.25, 0.3) is 11.1 Å². The number of nitrogens with zero attached hydrogens (tertiary/aromatic N) is 3. The highest BCUT2D eigenvalue weighted by Crippen LogP contribution is 2.40. The average molecular weight is 573 g/mol. The minimum atomic E-state index is -1.08. The molecule has 0 aromatic heterocycles. The number of amides is 4. The van der Waals surface area contributed by atoms with Gasteiger partial charge in [-0.2, -0.15) is 0 Å². The Morgan fingerprint density at radius 1 is 0.878 bits per heavy atom. The van der Waals surface area contributed by atoms with Crippen LogP contribution in [0.4, 0.5) is 10.1 Å². The molecular weight excluding hydrogens is 547 g/mol. The molecule has 4 fully saturated rings. The number of nitrogens with one attached hydrogen (secondary N) is 1. The number of rotatable bonds is 5. The summed E-state index contributed by atoms with van der Waals surface area (Å²) in [7, 11) is 0. The van der Waals surface area contributed by atoms with Crippen molar-refractivity contribution >= 4 is 40.9 Å². The second-order valence-electron chi connectivity index (χ2n) is 11.1. The van der Waals surface area contributed by atoms with E-state index in [0.29, 0.717) is 18.1 Å². The third-order valence-electron chi connectivity index (χ3n) is 8.72. The number of piperidine rings is 2. The lowest BCUT2D eigenvalue weighted by Crippen LogP contribution is -2.68. The minimum absolute atomic E-state index is 0.0284. The molecule has 10 heteroatoms. The fraction of sp³-hybridized carbons (Fsp3) is 0.290. The zero-order chi connectivity index (χ0) is 28.4. The van der Waals surface area contributed by atoms with E-state index in [9.17, 15) is 19.2 Å². The lowest BCUT2D eigenvalue weighted by atomic mass is 9.85. The van der Waals surface area contributed by atoms with E-state index in [1.807, 2.05) is 41.3 Å². The van der Waals surface area contributed by atoms with Crippen LogP contribution in [-0.4, -0.2) is 64.6 Å². The lowest BCUT2D eigenvalue weighted by Gasteiger charge is -2.57. The van der Waals surface area contributed by atoms with Crippen LogP contribution in [0.2, 0.25) is 5.02 Å². The summed E-state index contributed by atoms with van der Waals surface area (Å²) in [5.41, 5.74) is 3.78. The van der Waals surface area contributed by atoms with E-state index in [-0.39, 0.29) is 41.7 Å². The van der Waals surface area contributed by atoms with Gasteiger partial charge in [-0.1, -0.05) is 48.0 Å². The van der Waals surface area contributed by atoms with Gasteiger partial charge in [0, 0.05) is 43.2 Å². The van der Waals surface area contributed by atoms with Crippen molar-refractivity contribution < 1.29 is 23.6 Å². The van der Waals surface area contributed by atoms with Crippen LogP contribution in [0.15, 0.2) is 60.7 Å². The average Bonchev–Trinajstić information content (AvgIpc) is 3.20. The van der Waals surface area contributed by atoms with Gasteiger partial charge in [-0.25, -0.2) is 4.39 Å². The third kappa shape index (κ3) is 4.31. The predicted octanol–water partition coefficient (Wildman–Crippen LogP) is 4.01. The summed E-state index contributed by atoms with van der Waals surface area (Å²) in [4.78, 5) is 55.5. The van der Waals surface area contributed by atoms with Crippen molar-refractivity contribution in [1.82, 2.24) is 15.1 Å². The Balaban J connectivity index is 1.09. The van der Waals surface area contributed by atoms with Crippen LogP contribution >= 0.6 is 11.6 Å². The van der Waals surface area contributed by atoms with E-state index >= 15 is 4.39 Å². The van der Waals surface area contributed by atoms with Crippen LogP contribution < -0.4 is 10.2 Å². The summed E-state index contributed by atoms with van der Waals surface area (Å²) in [6.07, 6.45) is 1.09. The van der Waals surface area contributed by atoms with Gasteiger partial charge in [0.25, 0.3) is 11.8 Å². The highest BCUT2D eigenvalue weighted by atomic mass is 35.5. The molecule has 0 saturated carbocycles. The Hall–Kier alpha value is -4.08. The first-order valence-corrected chi connectivity index (χ1v) is 14.1. The van der Waals surface area contributed by atoms with E-state index in [1.54, 1.807) is 0 Å². The van der Waals surface area contributed by atoms with Crippen LogP contribution in [0.3, 0.4) is 0 Å². The fourth-order valence-corrected chi connectivity index (χ4v) is 6.76. The number of halogens is 2. The first kappa shape index (κ1) is 25.9. The zero-order valence-electron chi connectivity index (χ0n) is 22.0. The van der Waals surface area contributed by atoms with E-state index in [2.05, 4.69) is 22.3 Å². The van der Waals surface area contributed by atoms with Gasteiger partial charge in [-0.15, -0.1) is 0 Å². The second kappa shape index (κ2) is 9.78. The number of fused-ring (bicyclic) bond motifs is 3. The number of hydrogen-bond donors (Lipinski definition) is 1. The molecule has 3 atom stereocenters. The molecule has 5 aliphatic heterocycles. The molecule has 4 amide bonds. The Morgan fingerprint density at radius 3 is 2.27 bits per heavy atom. The molecule has 208 valence electrons. The largest absolute Gasteiger partial charge is 0.366 e. The summed E-state index contributed by atoms with van der Waals surface area (Å²) in [6.45, 7) is 1.95. The molecule has 0 aliphatic carbocycles. The normalized spacial score (nSPS) is 23.9. The van der Waals surface area contributed by atoms with Crippen molar-refractivity contribution in [2.24, 2.45) is 0 Å². The van der Waals surface area contributed by atoms with E-state index in [0.717, 1.165) is 35.1 Å². The molecule has 4 saturated heterocycles. The van der Waals surface area contributed by atoms with E-state index < -0.39 is 35.5 Å². The van der Waals surface area contributed by atoms with Crippen molar-refractivity contribution in [2.45, 2.75) is 43.9 Å². The number of anilines is 1. The van der Waals surface area contributed by atoms with Gasteiger partial charge in [0.05, 0.1) is 16.8 Å². The monoisotopic (exact) mass is 572 g/mol. The molecule has 8 nitrogen and oxygen atoms in total. The van der Waals surface area contributed by atoms with Gasteiger partial charge < -0.3 is 4.90 Å². The van der Waals surface area contributed by atoms with Gasteiger partial charge in [0.2, 0.25) is 11.8 Å². The number of carbonyl (C=O) groups is 4. The number of benzene rings is 3. The fourth-order valence-electron chi connectivity index (χ4n) is 6.63. The summed E-state index contributed by atoms with van der Waals surface area (Å²) >= 11 is 6.09. The Bertz CT molecular complexity index is 1610. The molecule has 5 aliphatic rings.